The molecule has 122 valence electrons. The highest BCUT2D eigenvalue weighted by molar-refractivity contribution is 6.32. The summed E-state index contributed by atoms with van der Waals surface area (Å²) in [7, 11) is 0. The van der Waals surface area contributed by atoms with E-state index in [4.69, 9.17) is 22.1 Å². The molecule has 0 spiro atoms. The lowest BCUT2D eigenvalue weighted by molar-refractivity contribution is 0.101. The van der Waals surface area contributed by atoms with E-state index in [0.29, 0.717) is 10.7 Å². The van der Waals surface area contributed by atoms with Crippen LogP contribution >= 0.6 is 11.6 Å². The maximum atomic E-state index is 6.18. The van der Waals surface area contributed by atoms with Crippen LogP contribution in [0, 0.1) is 0 Å². The Hall–Kier alpha value is -1.71. The molecule has 1 fully saturated rings. The van der Waals surface area contributed by atoms with Gasteiger partial charge in [-0.1, -0.05) is 41.9 Å². The van der Waals surface area contributed by atoms with E-state index in [-0.39, 0.29) is 6.10 Å². The van der Waals surface area contributed by atoms with E-state index >= 15 is 0 Å². The Morgan fingerprint density at radius 1 is 1.09 bits per heavy atom. The minimum Gasteiger partial charge on any atom is -0.489 e. The summed E-state index contributed by atoms with van der Waals surface area (Å²) in [5, 5.41) is 0.594. The third-order valence-electron chi connectivity index (χ3n) is 4.34. The standard InChI is InChI=1S/C19H23ClN2O/c20-18-14-16(21)6-7-19(18)23-17-9-12-22(13-10-17)11-8-15-4-2-1-3-5-15/h1-7,14,17H,8-13,21H2. The third-order valence-corrected chi connectivity index (χ3v) is 4.64. The first-order valence-electron chi connectivity index (χ1n) is 8.18. The van der Waals surface area contributed by atoms with Crippen molar-refractivity contribution in [2.75, 3.05) is 25.4 Å². The Kier molecular flexibility index (Phi) is 5.42. The summed E-state index contributed by atoms with van der Waals surface area (Å²) in [6.07, 6.45) is 3.42. The quantitative estimate of drug-likeness (QED) is 0.842. The molecule has 0 radical (unpaired) electrons. The molecule has 23 heavy (non-hydrogen) atoms. The van der Waals surface area contributed by atoms with Gasteiger partial charge in [-0.15, -0.1) is 0 Å². The van der Waals surface area contributed by atoms with Gasteiger partial charge in [-0.25, -0.2) is 0 Å². The number of nitrogen functional groups attached to an aromatic ring is 1. The lowest BCUT2D eigenvalue weighted by Gasteiger charge is -2.32. The van der Waals surface area contributed by atoms with E-state index in [1.165, 1.54) is 5.56 Å². The van der Waals surface area contributed by atoms with Crippen LogP contribution in [0.15, 0.2) is 48.5 Å². The molecule has 3 rings (SSSR count). The number of likely N-dealkylation sites (tertiary alicyclic amines) is 1. The van der Waals surface area contributed by atoms with Gasteiger partial charge in [-0.2, -0.15) is 0 Å². The average molecular weight is 331 g/mol. The van der Waals surface area contributed by atoms with Gasteiger partial charge in [0.2, 0.25) is 0 Å². The predicted octanol–water partition coefficient (Wildman–Crippen LogP) is 4.01. The highest BCUT2D eigenvalue weighted by Crippen LogP contribution is 2.29. The van der Waals surface area contributed by atoms with Crippen molar-refractivity contribution in [3.63, 3.8) is 0 Å². The molecule has 3 nitrogen and oxygen atoms in total. The van der Waals surface area contributed by atoms with Gasteiger partial charge < -0.3 is 15.4 Å². The molecule has 0 aromatic heterocycles. The van der Waals surface area contributed by atoms with Crippen molar-refractivity contribution in [2.24, 2.45) is 0 Å². The molecule has 2 aromatic rings. The lowest BCUT2D eigenvalue weighted by atomic mass is 10.1. The fourth-order valence-corrected chi connectivity index (χ4v) is 3.21. The Balaban J connectivity index is 1.45. The van der Waals surface area contributed by atoms with Gasteiger partial charge in [0.15, 0.2) is 0 Å². The van der Waals surface area contributed by atoms with Crippen molar-refractivity contribution in [3.05, 3.63) is 59.1 Å². The second-order valence-electron chi connectivity index (χ2n) is 6.08. The van der Waals surface area contributed by atoms with Gasteiger partial charge in [-0.3, -0.25) is 0 Å². The number of halogens is 1. The van der Waals surface area contributed by atoms with Gasteiger partial charge in [0.1, 0.15) is 11.9 Å². The molecule has 2 aromatic carbocycles. The minimum absolute atomic E-state index is 0.240. The summed E-state index contributed by atoms with van der Waals surface area (Å²) >= 11 is 6.18. The second-order valence-corrected chi connectivity index (χ2v) is 6.49. The first kappa shape index (κ1) is 16.2. The fraction of sp³-hybridized carbons (Fsp3) is 0.368. The number of hydrogen-bond acceptors (Lipinski definition) is 3. The highest BCUT2D eigenvalue weighted by atomic mass is 35.5. The topological polar surface area (TPSA) is 38.5 Å². The van der Waals surface area contributed by atoms with E-state index in [9.17, 15) is 0 Å². The van der Waals surface area contributed by atoms with Gasteiger partial charge >= 0.3 is 0 Å². The molecule has 0 bridgehead atoms. The normalized spacial score (nSPS) is 16.4. The summed E-state index contributed by atoms with van der Waals surface area (Å²) in [6, 6.07) is 16.1. The SMILES string of the molecule is Nc1ccc(OC2CCN(CCc3ccccc3)CC2)c(Cl)c1. The number of benzene rings is 2. The molecule has 4 heteroatoms. The minimum atomic E-state index is 0.240. The molecule has 1 aliphatic heterocycles. The Bertz CT molecular complexity index is 625. The fourth-order valence-electron chi connectivity index (χ4n) is 2.97. The van der Waals surface area contributed by atoms with Crippen molar-refractivity contribution >= 4 is 17.3 Å². The number of ether oxygens (including phenoxy) is 1. The van der Waals surface area contributed by atoms with Gasteiger partial charge in [-0.05, 0) is 43.0 Å². The zero-order valence-electron chi connectivity index (χ0n) is 13.2. The molecule has 2 N–H and O–H groups in total. The first-order chi connectivity index (χ1) is 11.2. The van der Waals surface area contributed by atoms with E-state index in [1.807, 2.05) is 12.1 Å². The van der Waals surface area contributed by atoms with Crippen LogP contribution in [0.1, 0.15) is 18.4 Å². The predicted molar refractivity (Wildman–Crippen MR) is 96.1 cm³/mol. The Morgan fingerprint density at radius 2 is 1.83 bits per heavy atom. The lowest BCUT2D eigenvalue weighted by Crippen LogP contribution is -2.39. The van der Waals surface area contributed by atoms with Crippen LogP contribution in [-0.2, 0) is 6.42 Å². The summed E-state index contributed by atoms with van der Waals surface area (Å²) in [5.41, 5.74) is 7.78. The number of rotatable bonds is 5. The van der Waals surface area contributed by atoms with Crippen molar-refractivity contribution < 1.29 is 4.74 Å². The zero-order chi connectivity index (χ0) is 16.1. The van der Waals surface area contributed by atoms with E-state index in [2.05, 4.69) is 35.2 Å². The van der Waals surface area contributed by atoms with Crippen LogP contribution in [0.5, 0.6) is 5.75 Å². The van der Waals surface area contributed by atoms with Gasteiger partial charge in [0, 0.05) is 25.3 Å². The van der Waals surface area contributed by atoms with E-state index < -0.39 is 0 Å². The smallest absolute Gasteiger partial charge is 0.138 e. The Labute approximate surface area is 143 Å². The molecule has 0 saturated carbocycles. The molecule has 1 saturated heterocycles. The maximum Gasteiger partial charge on any atom is 0.138 e. The monoisotopic (exact) mass is 330 g/mol. The zero-order valence-corrected chi connectivity index (χ0v) is 14.0. The van der Waals surface area contributed by atoms with Crippen LogP contribution in [0.2, 0.25) is 5.02 Å². The summed E-state index contributed by atoms with van der Waals surface area (Å²) in [4.78, 5) is 2.51. The number of hydrogen-bond donors (Lipinski definition) is 1. The molecular formula is C19H23ClN2O. The van der Waals surface area contributed by atoms with Crippen LogP contribution in [0.3, 0.4) is 0 Å². The van der Waals surface area contributed by atoms with Crippen molar-refractivity contribution in [3.8, 4) is 5.75 Å². The summed E-state index contributed by atoms with van der Waals surface area (Å²) in [6.45, 7) is 3.26. The molecule has 0 aliphatic carbocycles. The van der Waals surface area contributed by atoms with Crippen LogP contribution in [0.4, 0.5) is 5.69 Å². The molecule has 1 aliphatic rings. The van der Waals surface area contributed by atoms with Crippen molar-refractivity contribution in [1.82, 2.24) is 4.90 Å². The van der Waals surface area contributed by atoms with E-state index in [0.717, 1.165) is 44.6 Å². The summed E-state index contributed by atoms with van der Waals surface area (Å²) in [5.74, 6) is 0.739. The van der Waals surface area contributed by atoms with Crippen LogP contribution < -0.4 is 10.5 Å². The average Bonchev–Trinajstić information content (AvgIpc) is 2.58. The Morgan fingerprint density at radius 3 is 2.52 bits per heavy atom. The number of anilines is 1. The largest absolute Gasteiger partial charge is 0.489 e. The number of nitrogens with two attached hydrogens (primary N) is 1. The van der Waals surface area contributed by atoms with Crippen molar-refractivity contribution in [1.29, 1.82) is 0 Å². The number of nitrogens with zero attached hydrogens (tertiary/aromatic N) is 1. The molecule has 0 unspecified atom stereocenters. The first-order valence-corrected chi connectivity index (χ1v) is 8.56. The second kappa shape index (κ2) is 7.71. The van der Waals surface area contributed by atoms with Gasteiger partial charge in [0.25, 0.3) is 0 Å². The summed E-state index contributed by atoms with van der Waals surface area (Å²) < 4.78 is 6.04. The highest BCUT2D eigenvalue weighted by Gasteiger charge is 2.21. The van der Waals surface area contributed by atoms with E-state index in [1.54, 1.807) is 6.07 Å². The molecule has 1 heterocycles. The van der Waals surface area contributed by atoms with Crippen LogP contribution in [0.25, 0.3) is 0 Å². The van der Waals surface area contributed by atoms with Crippen molar-refractivity contribution in [2.45, 2.75) is 25.4 Å². The molecule has 0 atom stereocenters. The van der Waals surface area contributed by atoms with Gasteiger partial charge in [0.05, 0.1) is 5.02 Å². The number of piperidine rings is 1. The maximum absolute atomic E-state index is 6.18. The third kappa shape index (κ3) is 4.63. The molecular weight excluding hydrogens is 308 g/mol. The van der Waals surface area contributed by atoms with Crippen LogP contribution in [-0.4, -0.2) is 30.6 Å². The molecule has 0 amide bonds.